The van der Waals surface area contributed by atoms with Crippen LogP contribution < -0.4 is 10.1 Å². The van der Waals surface area contributed by atoms with Gasteiger partial charge in [-0.05, 0) is 43.7 Å². The van der Waals surface area contributed by atoms with E-state index in [-0.39, 0.29) is 35.9 Å². The van der Waals surface area contributed by atoms with Crippen LogP contribution in [0.3, 0.4) is 0 Å². The van der Waals surface area contributed by atoms with Crippen molar-refractivity contribution in [3.8, 4) is 5.75 Å². The number of benzene rings is 1. The molecular formula is C29H40N4O5. The molecule has 4 rings (SSSR count). The van der Waals surface area contributed by atoms with E-state index in [1.54, 1.807) is 39.4 Å². The van der Waals surface area contributed by atoms with E-state index in [4.69, 9.17) is 4.74 Å². The number of likely N-dealkylation sites (N-methyl/N-ethyl adjacent to an activating group) is 1. The molecule has 2 aliphatic carbocycles. The number of H-pyrrole nitrogens is 1. The minimum Gasteiger partial charge on any atom is -0.497 e. The van der Waals surface area contributed by atoms with E-state index in [1.165, 1.54) is 16.0 Å². The van der Waals surface area contributed by atoms with Gasteiger partial charge in [0.05, 0.1) is 12.7 Å². The number of fused-ring (bicyclic) bond motifs is 1. The number of nitrogens with zero attached hydrogens (tertiary/aromatic N) is 2. The third kappa shape index (κ3) is 6.19. The Hall–Kier alpha value is -3.36. The smallest absolute Gasteiger partial charge is 0.296 e. The van der Waals surface area contributed by atoms with E-state index < -0.39 is 17.7 Å². The quantitative estimate of drug-likeness (QED) is 0.384. The van der Waals surface area contributed by atoms with E-state index in [1.807, 2.05) is 0 Å². The zero-order valence-electron chi connectivity index (χ0n) is 22.8. The first-order valence-corrected chi connectivity index (χ1v) is 13.8. The molecule has 0 radical (unpaired) electrons. The molecule has 38 heavy (non-hydrogen) atoms. The highest BCUT2D eigenvalue weighted by Gasteiger charge is 2.41. The number of hydrogen-bond acceptors (Lipinski definition) is 5. The molecule has 1 aromatic carbocycles. The van der Waals surface area contributed by atoms with Crippen molar-refractivity contribution in [1.82, 2.24) is 20.1 Å². The lowest BCUT2D eigenvalue weighted by Crippen LogP contribution is -2.58. The predicted molar refractivity (Wildman–Crippen MR) is 145 cm³/mol. The molecule has 9 heteroatoms. The molecule has 1 aromatic heterocycles. The highest BCUT2D eigenvalue weighted by Crippen LogP contribution is 2.31. The molecule has 2 aromatic rings. The Bertz CT molecular complexity index is 1160. The summed E-state index contributed by atoms with van der Waals surface area (Å²) in [6.45, 7) is -0.326. The number of aromatic nitrogens is 1. The van der Waals surface area contributed by atoms with Crippen LogP contribution in [0.2, 0.25) is 0 Å². The minimum atomic E-state index is -0.872. The molecule has 3 amide bonds. The zero-order chi connectivity index (χ0) is 27.2. The Morgan fingerprint density at radius 2 is 1.66 bits per heavy atom. The molecule has 2 aliphatic rings. The molecule has 1 atom stereocenters. The van der Waals surface area contributed by atoms with Gasteiger partial charge in [0.1, 0.15) is 18.3 Å². The number of carbonyl (C=O) groups is 4. The van der Waals surface area contributed by atoms with Gasteiger partial charge in [0.2, 0.25) is 11.8 Å². The summed E-state index contributed by atoms with van der Waals surface area (Å²) in [4.78, 5) is 60.0. The Balaban J connectivity index is 1.68. The van der Waals surface area contributed by atoms with E-state index in [0.29, 0.717) is 16.7 Å². The Labute approximate surface area is 224 Å². The third-order valence-electron chi connectivity index (χ3n) is 8.05. The largest absolute Gasteiger partial charge is 0.497 e. The van der Waals surface area contributed by atoms with Gasteiger partial charge < -0.3 is 24.8 Å². The first-order chi connectivity index (χ1) is 18.3. The maximum atomic E-state index is 13.9. The van der Waals surface area contributed by atoms with Crippen LogP contribution in [0.25, 0.3) is 10.9 Å². The summed E-state index contributed by atoms with van der Waals surface area (Å²) in [5, 5.41) is 3.77. The van der Waals surface area contributed by atoms with Gasteiger partial charge in [0.25, 0.3) is 11.7 Å². The Kier molecular flexibility index (Phi) is 9.07. The van der Waals surface area contributed by atoms with Crippen molar-refractivity contribution in [2.45, 2.75) is 76.3 Å². The molecule has 2 fully saturated rings. The second kappa shape index (κ2) is 12.5. The van der Waals surface area contributed by atoms with E-state index in [0.717, 1.165) is 64.2 Å². The van der Waals surface area contributed by atoms with Crippen LogP contribution in [0.15, 0.2) is 24.4 Å². The van der Waals surface area contributed by atoms with E-state index in [2.05, 4.69) is 10.3 Å². The molecule has 0 bridgehead atoms. The zero-order valence-corrected chi connectivity index (χ0v) is 22.8. The van der Waals surface area contributed by atoms with Crippen LogP contribution in [0.5, 0.6) is 5.75 Å². The van der Waals surface area contributed by atoms with E-state index >= 15 is 0 Å². The standard InChI is InChI=1S/C29H40N4O5/c1-32(2)25(34)18-33(29(37)27(35)23-17-30-24-16-21(38-3)14-15-22(23)24)26(19-10-6-4-7-11-19)28(36)31-20-12-8-5-9-13-20/h14-17,19-20,26,30H,4-13,18H2,1-3H3,(H,31,36)/t26-/m1/s1. The lowest BCUT2D eigenvalue weighted by Gasteiger charge is -2.38. The van der Waals surface area contributed by atoms with Crippen molar-refractivity contribution in [1.29, 1.82) is 0 Å². The number of nitrogens with one attached hydrogen (secondary N) is 2. The van der Waals surface area contributed by atoms with Crippen LogP contribution in [0.4, 0.5) is 0 Å². The highest BCUT2D eigenvalue weighted by molar-refractivity contribution is 6.45. The number of aromatic amines is 1. The maximum Gasteiger partial charge on any atom is 0.296 e. The monoisotopic (exact) mass is 524 g/mol. The average molecular weight is 525 g/mol. The Morgan fingerprint density at radius 1 is 1.00 bits per heavy atom. The van der Waals surface area contributed by atoms with Gasteiger partial charge in [-0.2, -0.15) is 0 Å². The summed E-state index contributed by atoms with van der Waals surface area (Å²) in [5.41, 5.74) is 0.875. The molecule has 0 aliphatic heterocycles. The summed E-state index contributed by atoms with van der Waals surface area (Å²) in [6.07, 6.45) is 11.2. The molecule has 9 nitrogen and oxygen atoms in total. The van der Waals surface area contributed by atoms with Crippen LogP contribution in [-0.2, 0) is 14.4 Å². The number of ketones is 1. The summed E-state index contributed by atoms with van der Waals surface area (Å²) in [7, 11) is 4.78. The van der Waals surface area contributed by atoms with Gasteiger partial charge in [0, 0.05) is 43.3 Å². The molecular weight excluding hydrogens is 484 g/mol. The number of methoxy groups -OCH3 is 1. The third-order valence-corrected chi connectivity index (χ3v) is 8.05. The predicted octanol–water partition coefficient (Wildman–Crippen LogP) is 3.67. The lowest BCUT2D eigenvalue weighted by atomic mass is 9.82. The van der Waals surface area contributed by atoms with Crippen molar-refractivity contribution in [3.63, 3.8) is 0 Å². The fraction of sp³-hybridized carbons (Fsp3) is 0.586. The SMILES string of the molecule is COc1ccc2c(C(=O)C(=O)N(CC(=O)N(C)C)[C@@H](C(=O)NC3CCCCC3)C3CCCCC3)c[nH]c2c1. The van der Waals surface area contributed by atoms with E-state index in [9.17, 15) is 19.2 Å². The molecule has 0 saturated heterocycles. The van der Waals surface area contributed by atoms with Gasteiger partial charge in [-0.3, -0.25) is 19.2 Å². The first-order valence-electron chi connectivity index (χ1n) is 13.8. The van der Waals surface area contributed by atoms with Gasteiger partial charge in [-0.1, -0.05) is 38.5 Å². The maximum absolute atomic E-state index is 13.9. The molecule has 1 heterocycles. The summed E-state index contributed by atoms with van der Waals surface area (Å²) >= 11 is 0. The first kappa shape index (κ1) is 27.7. The topological polar surface area (TPSA) is 112 Å². The average Bonchev–Trinajstić information content (AvgIpc) is 3.36. The van der Waals surface area contributed by atoms with Gasteiger partial charge in [-0.25, -0.2) is 0 Å². The van der Waals surface area contributed by atoms with Crippen molar-refractivity contribution in [2.24, 2.45) is 5.92 Å². The summed E-state index contributed by atoms with van der Waals surface area (Å²) in [5.74, 6) is -1.63. The fourth-order valence-electron chi connectivity index (χ4n) is 5.84. The molecule has 0 spiro atoms. The summed E-state index contributed by atoms with van der Waals surface area (Å²) in [6, 6.07) is 4.40. The number of hydrogen-bond donors (Lipinski definition) is 2. The number of amides is 3. The van der Waals surface area contributed by atoms with Crippen molar-refractivity contribution in [3.05, 3.63) is 30.0 Å². The van der Waals surface area contributed by atoms with Crippen molar-refractivity contribution in [2.75, 3.05) is 27.7 Å². The fourth-order valence-corrected chi connectivity index (χ4v) is 5.84. The van der Waals surface area contributed by atoms with Gasteiger partial charge in [-0.15, -0.1) is 0 Å². The van der Waals surface area contributed by atoms with Crippen molar-refractivity contribution >= 4 is 34.4 Å². The highest BCUT2D eigenvalue weighted by atomic mass is 16.5. The van der Waals surface area contributed by atoms with Gasteiger partial charge in [0.15, 0.2) is 0 Å². The number of rotatable bonds is 9. The lowest BCUT2D eigenvalue weighted by molar-refractivity contribution is -0.145. The second-order valence-corrected chi connectivity index (χ2v) is 10.9. The molecule has 2 saturated carbocycles. The molecule has 2 N–H and O–H groups in total. The summed E-state index contributed by atoms with van der Waals surface area (Å²) < 4.78 is 5.26. The van der Waals surface area contributed by atoms with Crippen LogP contribution in [-0.4, -0.2) is 78.1 Å². The van der Waals surface area contributed by atoms with Crippen LogP contribution in [0, 0.1) is 5.92 Å². The van der Waals surface area contributed by atoms with Crippen LogP contribution in [0.1, 0.15) is 74.6 Å². The van der Waals surface area contributed by atoms with Gasteiger partial charge >= 0.3 is 0 Å². The number of carbonyl (C=O) groups excluding carboxylic acids is 4. The number of Topliss-reactive ketones (excluding diaryl/α,β-unsaturated/α-hetero) is 1. The molecule has 0 unspecified atom stereocenters. The normalized spacial score (nSPS) is 17.6. The Morgan fingerprint density at radius 3 is 2.29 bits per heavy atom. The van der Waals surface area contributed by atoms with Crippen molar-refractivity contribution < 1.29 is 23.9 Å². The second-order valence-electron chi connectivity index (χ2n) is 10.9. The number of ether oxygens (including phenoxy) is 1. The van der Waals surface area contributed by atoms with Crippen LogP contribution >= 0.6 is 0 Å². The minimum absolute atomic E-state index is 0.0585. The molecule has 206 valence electrons.